The second-order valence-corrected chi connectivity index (χ2v) is 8.18. The van der Waals surface area contributed by atoms with E-state index in [1.165, 1.54) is 5.69 Å². The Morgan fingerprint density at radius 3 is 2.50 bits per heavy atom. The van der Waals surface area contributed by atoms with Crippen molar-refractivity contribution >= 4 is 15.7 Å². The maximum atomic E-state index is 12.0. The van der Waals surface area contributed by atoms with E-state index in [1.54, 1.807) is 4.31 Å². The summed E-state index contributed by atoms with van der Waals surface area (Å²) >= 11 is 0. The normalized spacial score (nSPS) is 22.1. The van der Waals surface area contributed by atoms with Gasteiger partial charge in [-0.1, -0.05) is 25.1 Å². The van der Waals surface area contributed by atoms with Crippen molar-refractivity contribution in [2.24, 2.45) is 5.41 Å². The Bertz CT molecular complexity index is 565. The zero-order chi connectivity index (χ0) is 14.2. The smallest absolute Gasteiger partial charge is 0.214 e. The van der Waals surface area contributed by atoms with Crippen LogP contribution in [0, 0.1) is 5.41 Å². The molecule has 2 aliphatic heterocycles. The van der Waals surface area contributed by atoms with Crippen LogP contribution in [0.4, 0.5) is 5.69 Å². The number of hydrogen-bond donors (Lipinski definition) is 0. The van der Waals surface area contributed by atoms with E-state index in [2.05, 4.69) is 29.2 Å². The molecule has 0 atom stereocenters. The van der Waals surface area contributed by atoms with Crippen LogP contribution in [0.1, 0.15) is 19.8 Å². The molecule has 0 saturated carbocycles. The maximum absolute atomic E-state index is 12.0. The summed E-state index contributed by atoms with van der Waals surface area (Å²) in [5, 5.41) is 0. The van der Waals surface area contributed by atoms with Gasteiger partial charge in [-0.15, -0.1) is 0 Å². The fourth-order valence-corrected chi connectivity index (χ4v) is 5.05. The topological polar surface area (TPSA) is 40.6 Å². The van der Waals surface area contributed by atoms with Crippen molar-refractivity contribution in [2.75, 3.05) is 36.8 Å². The van der Waals surface area contributed by atoms with Crippen molar-refractivity contribution in [1.29, 1.82) is 0 Å². The lowest BCUT2D eigenvalue weighted by atomic mass is 9.81. The van der Waals surface area contributed by atoms with Gasteiger partial charge in [0.15, 0.2) is 0 Å². The molecule has 0 amide bonds. The van der Waals surface area contributed by atoms with Gasteiger partial charge in [0.05, 0.1) is 5.75 Å². The summed E-state index contributed by atoms with van der Waals surface area (Å²) in [5.41, 5.74) is 1.44. The predicted molar refractivity (Wildman–Crippen MR) is 81.4 cm³/mol. The largest absolute Gasteiger partial charge is 0.371 e. The fraction of sp³-hybridized carbons (Fsp3) is 0.600. The summed E-state index contributed by atoms with van der Waals surface area (Å²) in [5.74, 6) is 0.283. The first-order valence-corrected chi connectivity index (χ1v) is 8.93. The van der Waals surface area contributed by atoms with Gasteiger partial charge in [-0.25, -0.2) is 12.7 Å². The minimum Gasteiger partial charge on any atom is -0.371 e. The summed E-state index contributed by atoms with van der Waals surface area (Å²) in [7, 11) is -3.00. The average Bonchev–Trinajstić information content (AvgIpc) is 2.83. The van der Waals surface area contributed by atoms with Crippen LogP contribution in [-0.4, -0.2) is 44.7 Å². The summed E-state index contributed by atoms with van der Waals surface area (Å²) < 4.78 is 25.7. The lowest BCUT2D eigenvalue weighted by Crippen LogP contribution is -2.59. The Kier molecular flexibility index (Phi) is 3.50. The Morgan fingerprint density at radius 2 is 1.85 bits per heavy atom. The molecule has 2 fully saturated rings. The van der Waals surface area contributed by atoms with E-state index in [-0.39, 0.29) is 11.2 Å². The van der Waals surface area contributed by atoms with Gasteiger partial charge in [-0.2, -0.15) is 0 Å². The van der Waals surface area contributed by atoms with E-state index >= 15 is 0 Å². The molecule has 20 heavy (non-hydrogen) atoms. The molecule has 0 aliphatic carbocycles. The molecule has 4 nitrogen and oxygen atoms in total. The second kappa shape index (κ2) is 5.04. The zero-order valence-electron chi connectivity index (χ0n) is 12.0. The molecule has 0 radical (unpaired) electrons. The Hall–Kier alpha value is -1.07. The van der Waals surface area contributed by atoms with Crippen LogP contribution in [-0.2, 0) is 10.0 Å². The van der Waals surface area contributed by atoms with Crippen LogP contribution < -0.4 is 4.90 Å². The van der Waals surface area contributed by atoms with E-state index in [4.69, 9.17) is 0 Å². The standard InChI is InChI=1S/C15H22N2O2S/c1-2-10-20(18,19)17-12-15(13-17)8-9-16(11-15)14-6-4-3-5-7-14/h3-7H,2,8-13H2,1H3. The first kappa shape index (κ1) is 13.9. The molecule has 0 unspecified atom stereocenters. The van der Waals surface area contributed by atoms with Gasteiger partial charge < -0.3 is 4.90 Å². The molecule has 0 aromatic heterocycles. The number of nitrogens with zero attached hydrogens (tertiary/aromatic N) is 2. The summed E-state index contributed by atoms with van der Waals surface area (Å²) in [4.78, 5) is 2.38. The summed E-state index contributed by atoms with van der Waals surface area (Å²) in [6, 6.07) is 10.4. The van der Waals surface area contributed by atoms with E-state index in [0.717, 1.165) is 19.5 Å². The highest BCUT2D eigenvalue weighted by Crippen LogP contribution is 2.42. The van der Waals surface area contributed by atoms with E-state index < -0.39 is 10.0 Å². The number of hydrogen-bond acceptors (Lipinski definition) is 3. The molecule has 5 heteroatoms. The SMILES string of the molecule is CCCS(=O)(=O)N1CC2(CCN(c3ccccc3)C2)C1. The highest BCUT2D eigenvalue weighted by Gasteiger charge is 2.51. The van der Waals surface area contributed by atoms with Crippen LogP contribution >= 0.6 is 0 Å². The van der Waals surface area contributed by atoms with Crippen molar-refractivity contribution in [3.63, 3.8) is 0 Å². The minimum absolute atomic E-state index is 0.191. The van der Waals surface area contributed by atoms with Gasteiger partial charge in [0.1, 0.15) is 0 Å². The molecular weight excluding hydrogens is 272 g/mol. The van der Waals surface area contributed by atoms with Crippen molar-refractivity contribution in [2.45, 2.75) is 19.8 Å². The van der Waals surface area contributed by atoms with Crippen LogP contribution in [0.3, 0.4) is 0 Å². The predicted octanol–water partition coefficient (Wildman–Crippen LogP) is 1.94. The van der Waals surface area contributed by atoms with Gasteiger partial charge in [-0.05, 0) is 25.0 Å². The highest BCUT2D eigenvalue weighted by atomic mass is 32.2. The molecular formula is C15H22N2O2S. The third-order valence-electron chi connectivity index (χ3n) is 4.44. The highest BCUT2D eigenvalue weighted by molar-refractivity contribution is 7.89. The summed E-state index contributed by atoms with van der Waals surface area (Å²) in [6.07, 6.45) is 1.79. The molecule has 2 heterocycles. The van der Waals surface area contributed by atoms with Gasteiger partial charge in [0.2, 0.25) is 10.0 Å². The van der Waals surface area contributed by atoms with Crippen molar-refractivity contribution in [1.82, 2.24) is 4.31 Å². The summed E-state index contributed by atoms with van der Waals surface area (Å²) in [6.45, 7) is 5.35. The molecule has 1 aromatic carbocycles. The lowest BCUT2D eigenvalue weighted by molar-refractivity contribution is 0.0936. The first-order valence-electron chi connectivity index (χ1n) is 7.33. The molecule has 110 valence electrons. The molecule has 0 N–H and O–H groups in total. The van der Waals surface area contributed by atoms with Gasteiger partial charge in [0.25, 0.3) is 0 Å². The molecule has 0 bridgehead atoms. The Morgan fingerprint density at radius 1 is 1.15 bits per heavy atom. The van der Waals surface area contributed by atoms with E-state index in [1.807, 2.05) is 13.0 Å². The molecule has 1 spiro atoms. The number of rotatable bonds is 4. The number of anilines is 1. The minimum atomic E-state index is -3.00. The number of sulfonamides is 1. The van der Waals surface area contributed by atoms with Crippen LogP contribution in [0.5, 0.6) is 0 Å². The Labute approximate surface area is 121 Å². The van der Waals surface area contributed by atoms with Crippen molar-refractivity contribution < 1.29 is 8.42 Å². The number of para-hydroxylation sites is 1. The van der Waals surface area contributed by atoms with Crippen molar-refractivity contribution in [3.8, 4) is 0 Å². The monoisotopic (exact) mass is 294 g/mol. The van der Waals surface area contributed by atoms with Crippen LogP contribution in [0.2, 0.25) is 0 Å². The van der Waals surface area contributed by atoms with Crippen molar-refractivity contribution in [3.05, 3.63) is 30.3 Å². The third kappa shape index (κ3) is 2.44. The first-order chi connectivity index (χ1) is 9.55. The van der Waals surface area contributed by atoms with Gasteiger partial charge in [-0.3, -0.25) is 0 Å². The van der Waals surface area contributed by atoms with E-state index in [0.29, 0.717) is 19.5 Å². The zero-order valence-corrected chi connectivity index (χ0v) is 12.8. The van der Waals surface area contributed by atoms with Crippen LogP contribution in [0.25, 0.3) is 0 Å². The van der Waals surface area contributed by atoms with Gasteiger partial charge in [0, 0.05) is 37.3 Å². The second-order valence-electron chi connectivity index (χ2n) is 6.09. The number of benzene rings is 1. The molecule has 3 rings (SSSR count). The lowest BCUT2D eigenvalue weighted by Gasteiger charge is -2.46. The third-order valence-corrected chi connectivity index (χ3v) is 6.41. The Balaban J connectivity index is 1.63. The van der Waals surface area contributed by atoms with E-state index in [9.17, 15) is 8.42 Å². The average molecular weight is 294 g/mol. The van der Waals surface area contributed by atoms with Crippen LogP contribution in [0.15, 0.2) is 30.3 Å². The molecule has 2 saturated heterocycles. The van der Waals surface area contributed by atoms with Gasteiger partial charge >= 0.3 is 0 Å². The quantitative estimate of drug-likeness (QED) is 0.852. The fourth-order valence-electron chi connectivity index (χ4n) is 3.34. The maximum Gasteiger partial charge on any atom is 0.214 e. The molecule has 2 aliphatic rings. The molecule has 1 aromatic rings.